The lowest BCUT2D eigenvalue weighted by molar-refractivity contribution is -0.275. The molecule has 0 aliphatic heterocycles. The highest BCUT2D eigenvalue weighted by Gasteiger charge is 2.34. The van der Waals surface area contributed by atoms with Gasteiger partial charge in [-0.3, -0.25) is 0 Å². The molecule has 0 aliphatic rings. The Morgan fingerprint density at radius 2 is 1.23 bits per heavy atom. The van der Waals surface area contributed by atoms with Crippen LogP contribution in [0.15, 0.2) is 44.6 Å². The first-order valence-electron chi connectivity index (χ1n) is 11.4. The number of benzene rings is 2. The minimum Gasteiger partial charge on any atom is -0.463 e. The summed E-state index contributed by atoms with van der Waals surface area (Å²) in [4.78, 5) is 10.7. The predicted octanol–water partition coefficient (Wildman–Crippen LogP) is 6.32. The van der Waals surface area contributed by atoms with Crippen molar-refractivity contribution in [3.05, 3.63) is 50.4 Å². The topological polar surface area (TPSA) is 120 Å². The molecule has 0 unspecified atom stereocenters. The molecule has 0 radical (unpaired) electrons. The Bertz CT molecular complexity index is 1600. The summed E-state index contributed by atoms with van der Waals surface area (Å²) >= 11 is 14.2. The first-order valence-corrected chi connectivity index (χ1v) is 15.8. The summed E-state index contributed by atoms with van der Waals surface area (Å²) in [5.74, 6) is -2.27. The van der Waals surface area contributed by atoms with E-state index in [2.05, 4.69) is 30.1 Å². The molecule has 2 aromatic carbocycles. The summed E-state index contributed by atoms with van der Waals surface area (Å²) in [6.07, 6.45) is -8.04. The second kappa shape index (κ2) is 15.3. The summed E-state index contributed by atoms with van der Waals surface area (Å²) < 4.78 is 136. The molecule has 10 nitrogen and oxygen atoms in total. The van der Waals surface area contributed by atoms with Crippen LogP contribution in [-0.2, 0) is 29.6 Å². The van der Waals surface area contributed by atoms with Crippen LogP contribution in [0.1, 0.15) is 12.5 Å². The van der Waals surface area contributed by atoms with Crippen molar-refractivity contribution in [1.29, 1.82) is 0 Å². The largest absolute Gasteiger partial charge is 0.573 e. The van der Waals surface area contributed by atoms with Gasteiger partial charge in [0.15, 0.2) is 0 Å². The summed E-state index contributed by atoms with van der Waals surface area (Å²) in [7, 11) is -2.82. The number of halogens is 9. The van der Waals surface area contributed by atoms with Gasteiger partial charge in [0, 0.05) is 38.7 Å². The maximum absolute atomic E-state index is 12.4. The number of alkyl halides is 6. The van der Waals surface area contributed by atoms with Crippen LogP contribution < -0.4 is 9.47 Å². The molecule has 0 bridgehead atoms. The highest BCUT2D eigenvalue weighted by molar-refractivity contribution is 9.10. The maximum Gasteiger partial charge on any atom is 0.573 e. The van der Waals surface area contributed by atoms with Crippen molar-refractivity contribution in [1.82, 2.24) is 8.61 Å². The van der Waals surface area contributed by atoms with Crippen molar-refractivity contribution in [2.45, 2.75) is 29.4 Å². The minimum absolute atomic E-state index is 0.0785. The number of esters is 1. The van der Waals surface area contributed by atoms with Crippen molar-refractivity contribution < 1.29 is 62.2 Å². The van der Waals surface area contributed by atoms with Crippen molar-refractivity contribution in [3.8, 4) is 11.5 Å². The van der Waals surface area contributed by atoms with Gasteiger partial charge in [0.1, 0.15) is 11.5 Å². The molecule has 0 amide bonds. The Labute approximate surface area is 267 Å². The Hall–Kier alpha value is -2.29. The van der Waals surface area contributed by atoms with E-state index in [-0.39, 0.29) is 21.5 Å². The molecule has 0 aromatic heterocycles. The number of sulfonamides is 2. The average molecular weight is 784 g/mol. The molecule has 0 heterocycles. The van der Waals surface area contributed by atoms with Crippen molar-refractivity contribution >= 4 is 71.2 Å². The third-order valence-electron chi connectivity index (χ3n) is 4.70. The summed E-state index contributed by atoms with van der Waals surface area (Å²) in [5.41, 5.74) is -0.217. The zero-order valence-electron chi connectivity index (χ0n) is 23.0. The van der Waals surface area contributed by atoms with Crippen LogP contribution in [-0.4, -0.2) is 78.9 Å². The monoisotopic (exact) mass is 782 g/mol. The second-order valence-electron chi connectivity index (χ2n) is 8.29. The highest BCUT2D eigenvalue weighted by Crippen LogP contribution is 2.38. The van der Waals surface area contributed by atoms with Gasteiger partial charge in [0.2, 0.25) is 20.0 Å². The zero-order chi connectivity index (χ0) is 34.4. The van der Waals surface area contributed by atoms with E-state index in [1.807, 2.05) is 0 Å². The number of hydrogen-bond acceptors (Lipinski definition) is 8. The van der Waals surface area contributed by atoms with Gasteiger partial charge in [0.05, 0.1) is 26.4 Å². The van der Waals surface area contributed by atoms with Gasteiger partial charge in [-0.1, -0.05) is 23.2 Å². The molecule has 21 heteroatoms. The van der Waals surface area contributed by atoms with Crippen LogP contribution in [0.2, 0.25) is 10.0 Å². The molecule has 0 N–H and O–H groups in total. The van der Waals surface area contributed by atoms with E-state index in [1.165, 1.54) is 28.2 Å². The van der Waals surface area contributed by atoms with E-state index < -0.39 is 65.2 Å². The number of ether oxygens (including phenoxy) is 3. The smallest absolute Gasteiger partial charge is 0.463 e. The third-order valence-corrected chi connectivity index (χ3v) is 9.94. The number of carbonyl (C=O) groups is 1. The molecule has 0 saturated heterocycles. The van der Waals surface area contributed by atoms with E-state index in [9.17, 15) is 48.0 Å². The van der Waals surface area contributed by atoms with E-state index in [0.717, 1.165) is 45.0 Å². The van der Waals surface area contributed by atoms with Crippen LogP contribution in [0, 0.1) is 0 Å². The molecule has 2 rings (SSSR count). The quantitative estimate of drug-likeness (QED) is 0.165. The number of hydrogen-bond donors (Lipinski definition) is 0. The van der Waals surface area contributed by atoms with Crippen molar-refractivity contribution in [2.75, 3.05) is 34.8 Å². The Morgan fingerprint density at radius 3 is 1.64 bits per heavy atom. The van der Waals surface area contributed by atoms with Gasteiger partial charge in [-0.2, -0.15) is 0 Å². The van der Waals surface area contributed by atoms with Crippen molar-refractivity contribution in [2.24, 2.45) is 0 Å². The van der Waals surface area contributed by atoms with Gasteiger partial charge in [-0.05, 0) is 58.8 Å². The van der Waals surface area contributed by atoms with Gasteiger partial charge in [-0.15, -0.1) is 26.3 Å². The van der Waals surface area contributed by atoms with Gasteiger partial charge < -0.3 is 14.2 Å². The normalized spacial score (nSPS) is 12.7. The summed E-state index contributed by atoms with van der Waals surface area (Å²) in [6, 6.07) is 3.35. The Balaban J connectivity index is 0.000000457. The number of carbonyl (C=O) groups excluding carboxylic acids is 1. The summed E-state index contributed by atoms with van der Waals surface area (Å²) in [5, 5.41) is -1.01. The molecule has 0 fully saturated rings. The van der Waals surface area contributed by atoms with E-state index in [1.54, 1.807) is 6.92 Å². The molecular weight excluding hydrogens is 761 g/mol. The van der Waals surface area contributed by atoms with E-state index >= 15 is 0 Å². The lowest BCUT2D eigenvalue weighted by atomic mass is 10.2. The molecule has 2 aromatic rings. The lowest BCUT2D eigenvalue weighted by Crippen LogP contribution is -2.23. The third kappa shape index (κ3) is 11.6. The Kier molecular flexibility index (Phi) is 13.8. The number of rotatable bonds is 9. The van der Waals surface area contributed by atoms with Gasteiger partial charge in [0.25, 0.3) is 0 Å². The van der Waals surface area contributed by atoms with Crippen LogP contribution >= 0.6 is 39.1 Å². The first-order chi connectivity index (χ1) is 19.8. The molecule has 0 atom stereocenters. The van der Waals surface area contributed by atoms with Gasteiger partial charge in [-0.25, -0.2) is 30.2 Å². The van der Waals surface area contributed by atoms with Crippen LogP contribution in [0.5, 0.6) is 11.5 Å². The molecule has 0 aliphatic carbocycles. The average Bonchev–Trinajstić information content (AvgIpc) is 2.84. The zero-order valence-corrected chi connectivity index (χ0v) is 27.8. The predicted molar refractivity (Wildman–Crippen MR) is 151 cm³/mol. The van der Waals surface area contributed by atoms with E-state index in [4.69, 9.17) is 23.2 Å². The molecule has 248 valence electrons. The fourth-order valence-electron chi connectivity index (χ4n) is 2.76. The molecular formula is C23H23BrCl2F6N2O8S2. The number of nitrogens with zero attached hydrogens (tertiary/aromatic N) is 2. The molecule has 0 spiro atoms. The fourth-order valence-corrected chi connectivity index (χ4v) is 6.28. The maximum atomic E-state index is 12.4. The second-order valence-corrected chi connectivity index (χ2v) is 14.2. The Morgan fingerprint density at radius 1 is 0.818 bits per heavy atom. The SMILES string of the molecule is CCOC(=O)/C=C/c1cc(OC(F)(F)F)c(Cl)cc1S(=O)(=O)N(C)C.CN(C)S(=O)(=O)c1cc(Cl)c(OC(F)(F)F)cc1Br. The molecule has 44 heavy (non-hydrogen) atoms. The highest BCUT2D eigenvalue weighted by atomic mass is 79.9. The van der Waals surface area contributed by atoms with Crippen LogP contribution in [0.3, 0.4) is 0 Å². The minimum atomic E-state index is -5.02. The van der Waals surface area contributed by atoms with Crippen LogP contribution in [0.4, 0.5) is 26.3 Å². The fraction of sp³-hybridized carbons (Fsp3) is 0.348. The van der Waals surface area contributed by atoms with Gasteiger partial charge >= 0.3 is 18.7 Å². The van der Waals surface area contributed by atoms with Crippen molar-refractivity contribution in [3.63, 3.8) is 0 Å². The van der Waals surface area contributed by atoms with E-state index in [0.29, 0.717) is 0 Å². The lowest BCUT2D eigenvalue weighted by Gasteiger charge is -2.17. The molecule has 0 saturated carbocycles. The summed E-state index contributed by atoms with van der Waals surface area (Å²) in [6.45, 7) is 1.64. The first kappa shape index (κ1) is 39.7. The van der Waals surface area contributed by atoms with Crippen LogP contribution in [0.25, 0.3) is 6.08 Å². The standard InChI is InChI=1S/C14H15ClF3NO5S.C9H8BrClF3NO3S/c1-4-23-13(20)6-5-9-7-11(24-14(16,17)18)10(15)8-12(9)25(21,22)19(2)3;1-15(2)19(16,17)8-4-6(11)7(3-5(8)10)18-9(12,13)14/h5-8H,4H2,1-3H3;3-4H,1-2H3/b6-5+;.